The molecule has 1 aliphatic rings. The van der Waals surface area contributed by atoms with Gasteiger partial charge in [-0.25, -0.2) is 9.59 Å². The van der Waals surface area contributed by atoms with Crippen LogP contribution in [0.2, 0.25) is 0 Å². The van der Waals surface area contributed by atoms with Crippen molar-refractivity contribution in [3.8, 4) is 0 Å². The molecule has 0 radical (unpaired) electrons. The average Bonchev–Trinajstić information content (AvgIpc) is 2.43. The number of likely N-dealkylation sites (tertiary alicyclic amines) is 1. The van der Waals surface area contributed by atoms with Crippen molar-refractivity contribution in [3.63, 3.8) is 0 Å². The summed E-state index contributed by atoms with van der Waals surface area (Å²) in [5.41, 5.74) is 0.630. The summed E-state index contributed by atoms with van der Waals surface area (Å²) in [5.74, 6) is -0.998. The Bertz CT molecular complexity index is 498. The number of hydrogen-bond donors (Lipinski definition) is 2. The topological polar surface area (TPSA) is 78.9 Å². The van der Waals surface area contributed by atoms with Gasteiger partial charge in [-0.15, -0.1) is 0 Å². The number of hydrogen-bond acceptors (Lipinski definition) is 3. The summed E-state index contributed by atoms with van der Waals surface area (Å²) < 4.78 is 5.26. The van der Waals surface area contributed by atoms with E-state index in [9.17, 15) is 9.59 Å². The van der Waals surface area contributed by atoms with E-state index in [0.717, 1.165) is 6.42 Å². The summed E-state index contributed by atoms with van der Waals surface area (Å²) >= 11 is 0. The van der Waals surface area contributed by atoms with E-state index in [0.29, 0.717) is 19.6 Å². The van der Waals surface area contributed by atoms with Crippen LogP contribution in [0, 0.1) is 0 Å². The number of rotatable bonds is 6. The van der Waals surface area contributed by atoms with Gasteiger partial charge in [0, 0.05) is 6.54 Å². The molecule has 0 atom stereocenters. The van der Waals surface area contributed by atoms with E-state index in [-0.39, 0.29) is 12.6 Å². The monoisotopic (exact) mass is 292 g/mol. The molecule has 2 rings (SSSR count). The number of carbonyl (C=O) groups is 2. The lowest BCUT2D eigenvalue weighted by Crippen LogP contribution is -2.65. The van der Waals surface area contributed by atoms with E-state index in [2.05, 4.69) is 5.32 Å². The molecule has 1 aliphatic heterocycles. The number of aliphatic carboxylic acids is 1. The summed E-state index contributed by atoms with van der Waals surface area (Å²) in [6.45, 7) is 2.88. The summed E-state index contributed by atoms with van der Waals surface area (Å²) in [6.07, 6.45) is 0.785. The smallest absolute Gasteiger partial charge is 0.329 e. The van der Waals surface area contributed by atoms with Crippen LogP contribution in [0.5, 0.6) is 0 Å². The lowest BCUT2D eigenvalue weighted by Gasteiger charge is -2.46. The third-order valence-corrected chi connectivity index (χ3v) is 3.41. The van der Waals surface area contributed by atoms with Crippen LogP contribution in [0.3, 0.4) is 0 Å². The Balaban J connectivity index is 1.66. The molecule has 2 N–H and O–H groups in total. The van der Waals surface area contributed by atoms with Crippen LogP contribution < -0.4 is 5.32 Å². The third-order valence-electron chi connectivity index (χ3n) is 3.41. The van der Waals surface area contributed by atoms with Crippen molar-refractivity contribution in [2.24, 2.45) is 0 Å². The van der Waals surface area contributed by atoms with Crippen molar-refractivity contribution >= 4 is 12.0 Å². The van der Waals surface area contributed by atoms with E-state index in [1.165, 1.54) is 5.56 Å². The molecule has 114 valence electrons. The van der Waals surface area contributed by atoms with Crippen LogP contribution in [-0.2, 0) is 16.0 Å². The molecule has 0 spiro atoms. The Hall–Kier alpha value is -2.08. The molecule has 0 saturated carbocycles. The molecule has 1 aromatic carbocycles. The SMILES string of the molecule is CC1(OCC(=O)O)CN(C(=O)NCCc2ccccc2)C1. The van der Waals surface area contributed by atoms with Crippen molar-refractivity contribution in [2.45, 2.75) is 18.9 Å². The lowest BCUT2D eigenvalue weighted by molar-refractivity contribution is -0.159. The van der Waals surface area contributed by atoms with Gasteiger partial charge in [0.15, 0.2) is 0 Å². The number of carboxylic acids is 1. The van der Waals surface area contributed by atoms with Crippen LogP contribution >= 0.6 is 0 Å². The van der Waals surface area contributed by atoms with Gasteiger partial charge in [-0.2, -0.15) is 0 Å². The molecule has 1 fully saturated rings. The second-order valence-corrected chi connectivity index (χ2v) is 5.46. The molecular formula is C15H20N2O4. The first-order valence-electron chi connectivity index (χ1n) is 6.91. The Kier molecular flexibility index (Phi) is 4.80. The number of benzene rings is 1. The zero-order chi connectivity index (χ0) is 15.3. The molecule has 0 unspecified atom stereocenters. The molecule has 1 saturated heterocycles. The average molecular weight is 292 g/mol. The Morgan fingerprint density at radius 1 is 1.33 bits per heavy atom. The molecule has 1 aromatic rings. The van der Waals surface area contributed by atoms with Gasteiger partial charge in [-0.3, -0.25) is 0 Å². The standard InChI is InChI=1S/C15H20N2O4/c1-15(21-9-13(18)19)10-17(11-15)14(20)16-8-7-12-5-3-2-4-6-12/h2-6H,7-11H2,1H3,(H,16,20)(H,18,19). The van der Waals surface area contributed by atoms with Crippen molar-refractivity contribution in [2.75, 3.05) is 26.2 Å². The van der Waals surface area contributed by atoms with Gasteiger partial charge < -0.3 is 20.1 Å². The number of urea groups is 1. The predicted molar refractivity (Wildman–Crippen MR) is 77.1 cm³/mol. The van der Waals surface area contributed by atoms with E-state index >= 15 is 0 Å². The van der Waals surface area contributed by atoms with Crippen molar-refractivity contribution < 1.29 is 19.4 Å². The summed E-state index contributed by atoms with van der Waals surface area (Å²) in [6, 6.07) is 9.80. The number of carbonyl (C=O) groups excluding carboxylic acids is 1. The first-order valence-corrected chi connectivity index (χ1v) is 6.91. The first kappa shape index (κ1) is 15.3. The van der Waals surface area contributed by atoms with Crippen LogP contribution in [0.15, 0.2) is 30.3 Å². The van der Waals surface area contributed by atoms with E-state index < -0.39 is 11.6 Å². The highest BCUT2D eigenvalue weighted by Gasteiger charge is 2.42. The normalized spacial score (nSPS) is 16.1. The van der Waals surface area contributed by atoms with E-state index in [4.69, 9.17) is 9.84 Å². The minimum absolute atomic E-state index is 0.137. The second kappa shape index (κ2) is 6.58. The van der Waals surface area contributed by atoms with Gasteiger partial charge in [-0.05, 0) is 18.9 Å². The fourth-order valence-corrected chi connectivity index (χ4v) is 2.30. The predicted octanol–water partition coefficient (Wildman–Crippen LogP) is 1.11. The molecule has 1 heterocycles. The van der Waals surface area contributed by atoms with Crippen LogP contribution in [-0.4, -0.2) is 53.8 Å². The maximum atomic E-state index is 11.9. The maximum Gasteiger partial charge on any atom is 0.329 e. The highest BCUT2D eigenvalue weighted by atomic mass is 16.5. The molecule has 2 amide bonds. The maximum absolute atomic E-state index is 11.9. The lowest BCUT2D eigenvalue weighted by atomic mass is 9.97. The Morgan fingerprint density at radius 3 is 2.62 bits per heavy atom. The van der Waals surface area contributed by atoms with Crippen molar-refractivity contribution in [1.82, 2.24) is 10.2 Å². The highest BCUT2D eigenvalue weighted by molar-refractivity contribution is 5.75. The van der Waals surface area contributed by atoms with Crippen LogP contribution in [0.4, 0.5) is 4.79 Å². The fraction of sp³-hybridized carbons (Fsp3) is 0.467. The number of nitrogens with one attached hydrogen (secondary N) is 1. The van der Waals surface area contributed by atoms with Crippen LogP contribution in [0.25, 0.3) is 0 Å². The molecule has 6 heteroatoms. The molecule has 21 heavy (non-hydrogen) atoms. The first-order chi connectivity index (χ1) is 9.98. The molecular weight excluding hydrogens is 272 g/mol. The van der Waals surface area contributed by atoms with Gasteiger partial charge in [0.1, 0.15) is 12.2 Å². The Morgan fingerprint density at radius 2 is 2.00 bits per heavy atom. The molecule has 0 aromatic heterocycles. The number of carboxylic acid groups (broad SMARTS) is 1. The van der Waals surface area contributed by atoms with Crippen molar-refractivity contribution in [1.29, 1.82) is 0 Å². The Labute approximate surface area is 123 Å². The largest absolute Gasteiger partial charge is 0.480 e. The van der Waals surface area contributed by atoms with Gasteiger partial charge in [0.2, 0.25) is 0 Å². The second-order valence-electron chi connectivity index (χ2n) is 5.46. The summed E-state index contributed by atoms with van der Waals surface area (Å²) in [7, 11) is 0. The van der Waals surface area contributed by atoms with Gasteiger partial charge in [0.25, 0.3) is 0 Å². The van der Waals surface area contributed by atoms with Gasteiger partial charge in [0.05, 0.1) is 13.1 Å². The van der Waals surface area contributed by atoms with Gasteiger partial charge >= 0.3 is 12.0 Å². The zero-order valence-electron chi connectivity index (χ0n) is 12.0. The summed E-state index contributed by atoms with van der Waals surface area (Å²) in [4.78, 5) is 24.0. The third kappa shape index (κ3) is 4.46. The van der Waals surface area contributed by atoms with E-state index in [1.54, 1.807) is 4.90 Å². The fourth-order valence-electron chi connectivity index (χ4n) is 2.30. The van der Waals surface area contributed by atoms with E-state index in [1.807, 2.05) is 37.3 Å². The number of nitrogens with zero attached hydrogens (tertiary/aromatic N) is 1. The summed E-state index contributed by atoms with van der Waals surface area (Å²) in [5, 5.41) is 11.4. The molecule has 0 aliphatic carbocycles. The highest BCUT2D eigenvalue weighted by Crippen LogP contribution is 2.24. The number of amides is 2. The quantitative estimate of drug-likeness (QED) is 0.823. The minimum Gasteiger partial charge on any atom is -0.480 e. The van der Waals surface area contributed by atoms with Crippen molar-refractivity contribution in [3.05, 3.63) is 35.9 Å². The molecule has 6 nitrogen and oxygen atoms in total. The zero-order valence-corrected chi connectivity index (χ0v) is 12.0. The molecule has 0 bridgehead atoms. The van der Waals surface area contributed by atoms with Gasteiger partial charge in [-0.1, -0.05) is 30.3 Å². The van der Waals surface area contributed by atoms with Crippen LogP contribution in [0.1, 0.15) is 12.5 Å². The minimum atomic E-state index is -0.998. The number of ether oxygens (including phenoxy) is 1.